The number of aryl methyl sites for hydroxylation is 1. The molecule has 3 heterocycles. The van der Waals surface area contributed by atoms with Crippen LogP contribution in [0.1, 0.15) is 41.6 Å². The second-order valence-electron chi connectivity index (χ2n) is 11.1. The monoisotopic (exact) mass is 606 g/mol. The summed E-state index contributed by atoms with van der Waals surface area (Å²) in [6, 6.07) is 25.2. The minimum Gasteiger partial charge on any atom is -0.487 e. The number of hydrogen-bond donors (Lipinski definition) is 0. The topological polar surface area (TPSA) is 59.5 Å². The summed E-state index contributed by atoms with van der Waals surface area (Å²) in [5, 5.41) is 1.44. The van der Waals surface area contributed by atoms with Crippen LogP contribution < -0.4 is 4.74 Å². The van der Waals surface area contributed by atoms with E-state index in [1.807, 2.05) is 42.5 Å². The number of piperidine rings is 1. The molecule has 6 rings (SSSR count). The molecule has 1 spiro atoms. The number of pyridine rings is 1. The standard InChI is InChI=1S/C33H32Cl2N2O3S/c34-30-5-3-6-31(35)29(30)21-37-18-15-33(16-19-37)14-13-27-20-26(11-12-32(27)40-33)25-9-7-24(8-10-25)22-41(38,39)23-28-4-1-2-17-36-28/h1-12,17,20H,13-16,18-19,21-23H2. The van der Waals surface area contributed by atoms with E-state index in [-0.39, 0.29) is 17.1 Å². The molecule has 0 aliphatic carbocycles. The van der Waals surface area contributed by atoms with Crippen molar-refractivity contribution >= 4 is 33.0 Å². The van der Waals surface area contributed by atoms with Gasteiger partial charge in [-0.05, 0) is 84.3 Å². The third-order valence-corrected chi connectivity index (χ3v) is 10.4. The van der Waals surface area contributed by atoms with Gasteiger partial charge in [-0.2, -0.15) is 0 Å². The number of hydrogen-bond acceptors (Lipinski definition) is 5. The Kier molecular flexibility index (Phi) is 8.10. The first kappa shape index (κ1) is 28.2. The molecule has 2 aliphatic heterocycles. The highest BCUT2D eigenvalue weighted by Gasteiger charge is 2.39. The van der Waals surface area contributed by atoms with Crippen LogP contribution in [-0.2, 0) is 34.3 Å². The summed E-state index contributed by atoms with van der Waals surface area (Å²) in [4.78, 5) is 6.56. The molecule has 1 aromatic heterocycles. The van der Waals surface area contributed by atoms with Gasteiger partial charge < -0.3 is 4.74 Å². The molecule has 2 aliphatic rings. The van der Waals surface area contributed by atoms with Crippen LogP contribution in [0.2, 0.25) is 10.0 Å². The molecule has 0 N–H and O–H groups in total. The number of halogens is 2. The zero-order valence-corrected chi connectivity index (χ0v) is 25.1. The fourth-order valence-corrected chi connectivity index (χ4v) is 7.83. The Bertz CT molecular complexity index is 1620. The van der Waals surface area contributed by atoms with E-state index in [0.29, 0.717) is 5.69 Å². The molecule has 0 amide bonds. The summed E-state index contributed by atoms with van der Waals surface area (Å²) >= 11 is 12.8. The van der Waals surface area contributed by atoms with E-state index < -0.39 is 9.84 Å². The van der Waals surface area contributed by atoms with Gasteiger partial charge in [-0.15, -0.1) is 0 Å². The molecule has 212 valence electrons. The number of likely N-dealkylation sites (tertiary alicyclic amines) is 1. The molecule has 0 saturated carbocycles. The second-order valence-corrected chi connectivity index (χ2v) is 14.0. The van der Waals surface area contributed by atoms with Gasteiger partial charge in [0.1, 0.15) is 11.4 Å². The normalized spacial score (nSPS) is 16.7. The van der Waals surface area contributed by atoms with Crippen molar-refractivity contribution < 1.29 is 13.2 Å². The van der Waals surface area contributed by atoms with Crippen molar-refractivity contribution in [3.8, 4) is 16.9 Å². The maximum Gasteiger partial charge on any atom is 0.160 e. The minimum atomic E-state index is -3.31. The van der Waals surface area contributed by atoms with Crippen molar-refractivity contribution in [1.29, 1.82) is 0 Å². The predicted octanol–water partition coefficient (Wildman–Crippen LogP) is 7.53. The molecular formula is C33H32Cl2N2O3S. The van der Waals surface area contributed by atoms with Gasteiger partial charge in [-0.1, -0.05) is 65.7 Å². The fraction of sp³-hybridized carbons (Fsp3) is 0.303. The molecule has 0 radical (unpaired) electrons. The number of benzene rings is 3. The maximum atomic E-state index is 12.7. The van der Waals surface area contributed by atoms with Gasteiger partial charge in [0, 0.05) is 41.4 Å². The van der Waals surface area contributed by atoms with Crippen molar-refractivity contribution in [1.82, 2.24) is 9.88 Å². The van der Waals surface area contributed by atoms with Crippen LogP contribution in [-0.4, -0.2) is 37.0 Å². The number of fused-ring (bicyclic) bond motifs is 1. The second kappa shape index (κ2) is 11.8. The van der Waals surface area contributed by atoms with E-state index in [9.17, 15) is 8.42 Å². The van der Waals surface area contributed by atoms with E-state index in [0.717, 1.165) is 83.4 Å². The first-order chi connectivity index (χ1) is 19.8. The molecule has 1 saturated heterocycles. The van der Waals surface area contributed by atoms with Gasteiger partial charge in [0.05, 0.1) is 17.2 Å². The first-order valence-corrected chi connectivity index (χ1v) is 16.5. The zero-order chi connectivity index (χ0) is 28.5. The van der Waals surface area contributed by atoms with Crippen molar-refractivity contribution in [2.75, 3.05) is 13.1 Å². The Balaban J connectivity index is 1.08. The van der Waals surface area contributed by atoms with E-state index in [1.165, 1.54) is 5.56 Å². The van der Waals surface area contributed by atoms with Crippen molar-refractivity contribution in [3.05, 3.63) is 117 Å². The molecule has 0 bridgehead atoms. The number of sulfone groups is 1. The van der Waals surface area contributed by atoms with E-state index in [2.05, 4.69) is 28.1 Å². The molecule has 8 heteroatoms. The highest BCUT2D eigenvalue weighted by Crippen LogP contribution is 2.41. The van der Waals surface area contributed by atoms with E-state index >= 15 is 0 Å². The summed E-state index contributed by atoms with van der Waals surface area (Å²) < 4.78 is 32.0. The van der Waals surface area contributed by atoms with Gasteiger partial charge in [0.15, 0.2) is 9.84 Å². The van der Waals surface area contributed by atoms with Crippen LogP contribution in [0.3, 0.4) is 0 Å². The first-order valence-electron chi connectivity index (χ1n) is 13.9. The lowest BCUT2D eigenvalue weighted by atomic mass is 9.82. The average Bonchev–Trinajstić information content (AvgIpc) is 2.96. The van der Waals surface area contributed by atoms with Gasteiger partial charge in [0.25, 0.3) is 0 Å². The highest BCUT2D eigenvalue weighted by molar-refractivity contribution is 7.89. The lowest BCUT2D eigenvalue weighted by Crippen LogP contribution is -2.49. The Morgan fingerprint density at radius 1 is 0.829 bits per heavy atom. The predicted molar refractivity (Wildman–Crippen MR) is 165 cm³/mol. The van der Waals surface area contributed by atoms with Crippen LogP contribution >= 0.6 is 23.2 Å². The van der Waals surface area contributed by atoms with Gasteiger partial charge >= 0.3 is 0 Å². The number of aromatic nitrogens is 1. The molecule has 3 aromatic carbocycles. The average molecular weight is 608 g/mol. The lowest BCUT2D eigenvalue weighted by Gasteiger charge is -2.44. The highest BCUT2D eigenvalue weighted by atomic mass is 35.5. The Labute approximate surface area is 252 Å². The molecule has 1 fully saturated rings. The van der Waals surface area contributed by atoms with E-state index in [4.69, 9.17) is 27.9 Å². The number of ether oxygens (including phenoxy) is 1. The van der Waals surface area contributed by atoms with Crippen LogP contribution in [0.25, 0.3) is 11.1 Å². The smallest absolute Gasteiger partial charge is 0.160 e. The van der Waals surface area contributed by atoms with Crippen LogP contribution in [0.5, 0.6) is 5.75 Å². The van der Waals surface area contributed by atoms with E-state index in [1.54, 1.807) is 24.4 Å². The van der Waals surface area contributed by atoms with Gasteiger partial charge in [0.2, 0.25) is 0 Å². The van der Waals surface area contributed by atoms with Gasteiger partial charge in [-0.3, -0.25) is 9.88 Å². The summed E-state index contributed by atoms with van der Waals surface area (Å²) in [6.07, 6.45) is 5.54. The van der Waals surface area contributed by atoms with Crippen LogP contribution in [0, 0.1) is 0 Å². The number of rotatable bonds is 7. The SMILES string of the molecule is O=S(=O)(Cc1ccc(-c2ccc3c(c2)CCC2(CCN(Cc4c(Cl)cccc4Cl)CC2)O3)cc1)Cc1ccccn1. The lowest BCUT2D eigenvalue weighted by molar-refractivity contribution is -0.0163. The van der Waals surface area contributed by atoms with Gasteiger partial charge in [-0.25, -0.2) is 8.42 Å². The molecule has 41 heavy (non-hydrogen) atoms. The minimum absolute atomic E-state index is 0.00712. The van der Waals surface area contributed by atoms with Crippen LogP contribution in [0.15, 0.2) is 85.1 Å². The largest absolute Gasteiger partial charge is 0.487 e. The molecule has 4 aromatic rings. The Morgan fingerprint density at radius 2 is 1.56 bits per heavy atom. The van der Waals surface area contributed by atoms with Crippen molar-refractivity contribution in [2.24, 2.45) is 0 Å². The third-order valence-electron chi connectivity index (χ3n) is 8.22. The Hall–Kier alpha value is -2.90. The summed E-state index contributed by atoms with van der Waals surface area (Å²) in [6.45, 7) is 2.64. The summed E-state index contributed by atoms with van der Waals surface area (Å²) in [5.41, 5.74) is 5.60. The maximum absolute atomic E-state index is 12.7. The Morgan fingerprint density at radius 3 is 2.27 bits per heavy atom. The fourth-order valence-electron chi connectivity index (χ4n) is 5.89. The summed E-state index contributed by atoms with van der Waals surface area (Å²) in [7, 11) is -3.31. The summed E-state index contributed by atoms with van der Waals surface area (Å²) in [5.74, 6) is 0.905. The van der Waals surface area contributed by atoms with Crippen molar-refractivity contribution in [3.63, 3.8) is 0 Å². The number of nitrogens with zero attached hydrogens (tertiary/aromatic N) is 2. The third kappa shape index (κ3) is 6.62. The van der Waals surface area contributed by atoms with Crippen LogP contribution in [0.4, 0.5) is 0 Å². The van der Waals surface area contributed by atoms with Crippen molar-refractivity contribution in [2.45, 2.75) is 49.3 Å². The molecular weight excluding hydrogens is 575 g/mol. The quantitative estimate of drug-likeness (QED) is 0.217. The zero-order valence-electron chi connectivity index (χ0n) is 22.7. The molecule has 5 nitrogen and oxygen atoms in total. The molecule has 0 atom stereocenters. The molecule has 0 unspecified atom stereocenters.